The van der Waals surface area contributed by atoms with Gasteiger partial charge in [0.1, 0.15) is 53.4 Å². The predicted molar refractivity (Wildman–Crippen MR) is 128 cm³/mol. The molecule has 0 saturated carbocycles. The van der Waals surface area contributed by atoms with Crippen LogP contribution in [0.25, 0.3) is 0 Å². The maximum atomic E-state index is 12.5. The van der Waals surface area contributed by atoms with Gasteiger partial charge in [0.25, 0.3) is 0 Å². The lowest BCUT2D eigenvalue weighted by molar-refractivity contribution is -0.318. The fourth-order valence-corrected chi connectivity index (χ4v) is 4.75. The average molecular weight is 551 g/mol. The zero-order valence-electron chi connectivity index (χ0n) is 20.6. The van der Waals surface area contributed by atoms with Crippen LogP contribution >= 0.6 is 0 Å². The number of ketones is 1. The van der Waals surface area contributed by atoms with E-state index in [1.165, 1.54) is 18.2 Å². The molecule has 3 heterocycles. The van der Waals surface area contributed by atoms with Crippen LogP contribution in [0.15, 0.2) is 42.5 Å². The van der Waals surface area contributed by atoms with Crippen LogP contribution in [0.5, 0.6) is 17.2 Å². The van der Waals surface area contributed by atoms with Crippen LogP contribution in [0.1, 0.15) is 28.4 Å². The highest BCUT2D eigenvalue weighted by Gasteiger charge is 2.53. The van der Waals surface area contributed by atoms with Crippen molar-refractivity contribution in [2.75, 3.05) is 19.8 Å². The summed E-state index contributed by atoms with van der Waals surface area (Å²) in [4.78, 5) is 12.5. The summed E-state index contributed by atoms with van der Waals surface area (Å²) >= 11 is 0. The molecule has 3 aliphatic rings. The highest BCUT2D eigenvalue weighted by molar-refractivity contribution is 6.00. The number of hydrogen-bond donors (Lipinski definition) is 7. The number of Topliss-reactive ketones (excluding diaryl/α,β-unsaturated/α-hetero) is 1. The topological polar surface area (TPSA) is 205 Å². The number of benzene rings is 2. The number of ether oxygens (including phenoxy) is 5. The Balaban J connectivity index is 1.31. The van der Waals surface area contributed by atoms with E-state index >= 15 is 0 Å². The first-order chi connectivity index (χ1) is 18.6. The van der Waals surface area contributed by atoms with Crippen molar-refractivity contribution in [2.45, 2.75) is 61.2 Å². The molecule has 9 atom stereocenters. The second kappa shape index (κ2) is 11.0. The Morgan fingerprint density at radius 2 is 1.74 bits per heavy atom. The molecule has 7 N–H and O–H groups in total. The summed E-state index contributed by atoms with van der Waals surface area (Å²) in [5, 5.41) is 70.3. The number of aromatic hydroxyl groups is 1. The van der Waals surface area contributed by atoms with E-state index in [0.29, 0.717) is 11.1 Å². The Kier molecular flexibility index (Phi) is 7.79. The van der Waals surface area contributed by atoms with Gasteiger partial charge < -0.3 is 59.4 Å². The van der Waals surface area contributed by atoms with Gasteiger partial charge in [0, 0.05) is 6.07 Å². The van der Waals surface area contributed by atoms with Gasteiger partial charge >= 0.3 is 0 Å². The van der Waals surface area contributed by atoms with Crippen molar-refractivity contribution >= 4 is 5.78 Å². The quantitative estimate of drug-likeness (QED) is 0.215. The standard InChI is InChI=1S/C26H30O13/c27-9-19-20(31)21(32)22(39-25-23(33)26(34,10-28)11-35-25)24(38-19)36-14-4-1-12(2-5-14)17-8-16(30)15-6-3-13(29)7-18(15)37-17/h1-7,17,19-25,27-29,31-34H,8-11H2/t17-,19+,20+,21-,22+,23+,24-,25-,26-/m0/s1. The Hall–Kier alpha value is -2.85. The molecule has 0 radical (unpaired) electrons. The van der Waals surface area contributed by atoms with Gasteiger partial charge in [-0.3, -0.25) is 4.79 Å². The fourth-order valence-electron chi connectivity index (χ4n) is 4.75. The number of phenolic OH excluding ortho intramolecular Hbond substituents is 1. The maximum absolute atomic E-state index is 12.5. The molecule has 0 aromatic heterocycles. The lowest BCUT2D eigenvalue weighted by atomic mass is 9.96. The normalized spacial score (nSPS) is 36.3. The molecule has 0 unspecified atom stereocenters. The number of fused-ring (bicyclic) bond motifs is 1. The van der Waals surface area contributed by atoms with Gasteiger partial charge in [-0.2, -0.15) is 0 Å². The van der Waals surface area contributed by atoms with E-state index in [1.54, 1.807) is 24.3 Å². The molecule has 2 aromatic rings. The average Bonchev–Trinajstić information content (AvgIpc) is 3.21. The number of carbonyl (C=O) groups is 1. The molecular weight excluding hydrogens is 520 g/mol. The van der Waals surface area contributed by atoms with Crippen molar-refractivity contribution in [3.63, 3.8) is 0 Å². The molecule has 0 aliphatic carbocycles. The molecule has 5 rings (SSSR count). The van der Waals surface area contributed by atoms with E-state index in [4.69, 9.17) is 23.7 Å². The second-order valence-electron chi connectivity index (χ2n) is 9.79. The number of aliphatic hydroxyl groups excluding tert-OH is 5. The van der Waals surface area contributed by atoms with Gasteiger partial charge in [0.15, 0.2) is 18.2 Å². The van der Waals surface area contributed by atoms with E-state index in [2.05, 4.69) is 0 Å². The summed E-state index contributed by atoms with van der Waals surface area (Å²) in [6.07, 6.45) is -10.9. The predicted octanol–water partition coefficient (Wildman–Crippen LogP) is -1.26. The highest BCUT2D eigenvalue weighted by atomic mass is 16.8. The van der Waals surface area contributed by atoms with Gasteiger partial charge in [-0.25, -0.2) is 0 Å². The number of rotatable bonds is 7. The summed E-state index contributed by atoms with van der Waals surface area (Å²) < 4.78 is 28.3. The molecule has 0 spiro atoms. The molecule has 13 heteroatoms. The van der Waals surface area contributed by atoms with E-state index in [9.17, 15) is 40.5 Å². The van der Waals surface area contributed by atoms with Crippen LogP contribution in [0, 0.1) is 0 Å². The highest BCUT2D eigenvalue weighted by Crippen LogP contribution is 2.38. The van der Waals surface area contributed by atoms with Gasteiger partial charge in [-0.1, -0.05) is 12.1 Å². The molecule has 0 amide bonds. The monoisotopic (exact) mass is 550 g/mol. The lowest BCUT2D eigenvalue weighted by Gasteiger charge is -2.42. The van der Waals surface area contributed by atoms with E-state index in [-0.39, 0.29) is 29.5 Å². The number of aliphatic hydroxyl groups is 6. The first kappa shape index (κ1) is 27.7. The fraction of sp³-hybridized carbons (Fsp3) is 0.500. The second-order valence-corrected chi connectivity index (χ2v) is 9.79. The Morgan fingerprint density at radius 1 is 1.00 bits per heavy atom. The van der Waals surface area contributed by atoms with Crippen LogP contribution in [0.2, 0.25) is 0 Å². The zero-order chi connectivity index (χ0) is 27.9. The maximum Gasteiger partial charge on any atom is 0.229 e. The van der Waals surface area contributed by atoms with Crippen LogP contribution < -0.4 is 9.47 Å². The summed E-state index contributed by atoms with van der Waals surface area (Å²) in [5.74, 6) is 0.348. The first-order valence-corrected chi connectivity index (χ1v) is 12.3. The molecule has 39 heavy (non-hydrogen) atoms. The van der Waals surface area contributed by atoms with E-state index < -0.39 is 74.6 Å². The smallest absolute Gasteiger partial charge is 0.229 e. The molecule has 13 nitrogen and oxygen atoms in total. The Bertz CT molecular complexity index is 1170. The van der Waals surface area contributed by atoms with E-state index in [0.717, 1.165) is 0 Å². The summed E-state index contributed by atoms with van der Waals surface area (Å²) in [5.41, 5.74) is -0.945. The molecular formula is C26H30O13. The van der Waals surface area contributed by atoms with Crippen molar-refractivity contribution in [3.05, 3.63) is 53.6 Å². The van der Waals surface area contributed by atoms with Crippen molar-refractivity contribution in [3.8, 4) is 17.2 Å². The lowest BCUT2D eigenvalue weighted by Crippen LogP contribution is -2.62. The third-order valence-corrected chi connectivity index (χ3v) is 7.11. The molecule has 0 bridgehead atoms. The molecule has 3 aliphatic heterocycles. The molecule has 2 aromatic carbocycles. The number of hydrogen-bond acceptors (Lipinski definition) is 13. The van der Waals surface area contributed by atoms with Crippen LogP contribution in [0.4, 0.5) is 0 Å². The summed E-state index contributed by atoms with van der Waals surface area (Å²) in [7, 11) is 0. The SMILES string of the molecule is O=C1C[C@@H](c2ccc(O[C@H]3O[C@H](CO)[C@@H](O)[C@H](O)[C@H]3O[C@@H]3OC[C@@](O)(CO)[C@@H]3O)cc2)Oc2cc(O)ccc21. The number of phenols is 1. The van der Waals surface area contributed by atoms with Gasteiger partial charge in [-0.15, -0.1) is 0 Å². The zero-order valence-corrected chi connectivity index (χ0v) is 20.6. The van der Waals surface area contributed by atoms with Gasteiger partial charge in [0.2, 0.25) is 6.29 Å². The van der Waals surface area contributed by atoms with Crippen molar-refractivity contribution in [2.24, 2.45) is 0 Å². The largest absolute Gasteiger partial charge is 0.508 e. The van der Waals surface area contributed by atoms with Crippen molar-refractivity contribution < 1.29 is 64.2 Å². The minimum Gasteiger partial charge on any atom is -0.508 e. The van der Waals surface area contributed by atoms with E-state index in [1.807, 2.05) is 0 Å². The molecule has 2 fully saturated rings. The van der Waals surface area contributed by atoms with Crippen LogP contribution in [0.3, 0.4) is 0 Å². The third-order valence-electron chi connectivity index (χ3n) is 7.11. The van der Waals surface area contributed by atoms with Crippen molar-refractivity contribution in [1.29, 1.82) is 0 Å². The Morgan fingerprint density at radius 3 is 2.41 bits per heavy atom. The van der Waals surface area contributed by atoms with Crippen LogP contribution in [-0.2, 0) is 14.2 Å². The summed E-state index contributed by atoms with van der Waals surface area (Å²) in [6.45, 7) is -1.88. The molecule has 2 saturated heterocycles. The number of carbonyl (C=O) groups excluding carboxylic acids is 1. The van der Waals surface area contributed by atoms with Gasteiger partial charge in [0.05, 0.1) is 31.8 Å². The minimum absolute atomic E-state index is 0.0275. The molecule has 212 valence electrons. The third kappa shape index (κ3) is 5.33. The van der Waals surface area contributed by atoms with Gasteiger partial charge in [-0.05, 0) is 29.8 Å². The minimum atomic E-state index is -1.98. The summed E-state index contributed by atoms with van der Waals surface area (Å²) in [6, 6.07) is 10.7. The van der Waals surface area contributed by atoms with Crippen molar-refractivity contribution in [1.82, 2.24) is 0 Å². The first-order valence-electron chi connectivity index (χ1n) is 12.3. The van der Waals surface area contributed by atoms with Crippen LogP contribution in [-0.4, -0.2) is 110 Å². The Labute approximate surface area is 222 Å².